The second-order valence-corrected chi connectivity index (χ2v) is 10.1. The summed E-state index contributed by atoms with van der Waals surface area (Å²) >= 11 is 8.93. The van der Waals surface area contributed by atoms with Gasteiger partial charge in [-0.2, -0.15) is 5.26 Å². The number of nitrogens with one attached hydrogen (secondary N) is 1. The van der Waals surface area contributed by atoms with E-state index in [-0.39, 0.29) is 34.5 Å². The number of thioether (sulfide) groups is 1. The van der Waals surface area contributed by atoms with E-state index in [1.54, 1.807) is 24.3 Å². The van der Waals surface area contributed by atoms with E-state index in [2.05, 4.69) is 15.0 Å². The van der Waals surface area contributed by atoms with E-state index in [4.69, 9.17) is 16.3 Å². The Kier molecular flexibility index (Phi) is 7.01. The number of aliphatic hydroxyl groups is 1. The highest BCUT2D eigenvalue weighted by Gasteiger charge is 2.33. The molecule has 2 aromatic heterocycles. The van der Waals surface area contributed by atoms with Gasteiger partial charge in [-0.25, -0.2) is 9.98 Å². The molecule has 0 fully saturated rings. The van der Waals surface area contributed by atoms with Crippen LogP contribution in [0.2, 0.25) is 5.02 Å². The SMILES string of the molecule is COc1ccc(N2C(=O)/C(=C/c3cccs3)N=C2SC/C(O)=C(\C#N)c2nc3ccccc3[nH]2)cc1Cl. The number of aromatic nitrogens is 2. The summed E-state index contributed by atoms with van der Waals surface area (Å²) in [4.78, 5) is 27.7. The first-order chi connectivity index (χ1) is 18.0. The summed E-state index contributed by atoms with van der Waals surface area (Å²) in [7, 11) is 1.51. The molecule has 184 valence electrons. The number of rotatable bonds is 6. The highest BCUT2D eigenvalue weighted by Crippen LogP contribution is 2.35. The number of hydrogen-bond acceptors (Lipinski definition) is 8. The molecule has 0 saturated heterocycles. The number of amides is 1. The lowest BCUT2D eigenvalue weighted by molar-refractivity contribution is -0.113. The average molecular weight is 548 g/mol. The van der Waals surface area contributed by atoms with E-state index < -0.39 is 0 Å². The number of ether oxygens (including phenoxy) is 1. The van der Waals surface area contributed by atoms with Crippen LogP contribution in [0.1, 0.15) is 10.7 Å². The molecule has 37 heavy (non-hydrogen) atoms. The van der Waals surface area contributed by atoms with Crippen LogP contribution in [0.5, 0.6) is 5.75 Å². The summed E-state index contributed by atoms with van der Waals surface area (Å²) in [6.45, 7) is 0. The number of H-pyrrole nitrogens is 1. The molecule has 5 rings (SSSR count). The number of aliphatic hydroxyl groups excluding tert-OH is 1. The Hall–Kier alpha value is -4.04. The zero-order valence-corrected chi connectivity index (χ0v) is 21.7. The van der Waals surface area contributed by atoms with Crippen LogP contribution in [0.15, 0.2) is 76.4 Å². The number of aromatic amines is 1. The minimum Gasteiger partial charge on any atom is -0.510 e. The van der Waals surface area contributed by atoms with Gasteiger partial charge in [-0.15, -0.1) is 11.3 Å². The number of halogens is 1. The van der Waals surface area contributed by atoms with Gasteiger partial charge in [-0.3, -0.25) is 9.69 Å². The lowest BCUT2D eigenvalue weighted by atomic mass is 10.2. The van der Waals surface area contributed by atoms with Crippen molar-refractivity contribution in [1.82, 2.24) is 9.97 Å². The van der Waals surface area contributed by atoms with E-state index in [0.717, 1.165) is 22.2 Å². The molecular weight excluding hydrogens is 530 g/mol. The number of anilines is 1. The molecule has 1 amide bonds. The maximum Gasteiger partial charge on any atom is 0.283 e. The highest BCUT2D eigenvalue weighted by atomic mass is 35.5. The van der Waals surface area contributed by atoms with Crippen molar-refractivity contribution < 1.29 is 14.6 Å². The number of carbonyl (C=O) groups excluding carboxylic acids is 1. The quantitative estimate of drug-likeness (QED) is 0.167. The molecular formula is C26H18ClN5O3S2. The molecule has 0 bridgehead atoms. The van der Waals surface area contributed by atoms with Gasteiger partial charge in [0.25, 0.3) is 5.91 Å². The van der Waals surface area contributed by atoms with Gasteiger partial charge < -0.3 is 14.8 Å². The Morgan fingerprint density at radius 3 is 2.84 bits per heavy atom. The van der Waals surface area contributed by atoms with Crippen molar-refractivity contribution in [2.75, 3.05) is 17.8 Å². The topological polar surface area (TPSA) is 115 Å². The molecule has 0 aliphatic carbocycles. The van der Waals surface area contributed by atoms with Crippen LogP contribution in [-0.4, -0.2) is 39.0 Å². The first kappa shape index (κ1) is 24.6. The minimum absolute atomic E-state index is 0.0152. The van der Waals surface area contributed by atoms with Crippen LogP contribution in [-0.2, 0) is 4.79 Å². The lowest BCUT2D eigenvalue weighted by Crippen LogP contribution is -2.30. The summed E-state index contributed by atoms with van der Waals surface area (Å²) in [5.41, 5.74) is 2.20. The van der Waals surface area contributed by atoms with Crippen molar-refractivity contribution in [3.8, 4) is 11.8 Å². The number of nitrogens with zero attached hydrogens (tertiary/aromatic N) is 4. The predicted molar refractivity (Wildman–Crippen MR) is 149 cm³/mol. The second-order valence-electron chi connectivity index (χ2n) is 7.72. The molecule has 1 aliphatic rings. The molecule has 0 atom stereocenters. The molecule has 2 N–H and O–H groups in total. The average Bonchev–Trinajstić information content (AvgIpc) is 3.63. The van der Waals surface area contributed by atoms with Crippen molar-refractivity contribution in [3.63, 3.8) is 0 Å². The molecule has 11 heteroatoms. The van der Waals surface area contributed by atoms with Crippen LogP contribution in [0, 0.1) is 11.3 Å². The van der Waals surface area contributed by atoms with E-state index in [1.807, 2.05) is 47.8 Å². The van der Waals surface area contributed by atoms with Crippen molar-refractivity contribution in [1.29, 1.82) is 5.26 Å². The number of aliphatic imine (C=N–C) groups is 1. The molecule has 3 heterocycles. The largest absolute Gasteiger partial charge is 0.510 e. The second kappa shape index (κ2) is 10.5. The maximum atomic E-state index is 13.4. The molecule has 0 unspecified atom stereocenters. The van der Waals surface area contributed by atoms with Crippen LogP contribution < -0.4 is 9.64 Å². The Labute approximate surface area is 225 Å². The van der Waals surface area contributed by atoms with Crippen molar-refractivity contribution in [2.45, 2.75) is 0 Å². The monoisotopic (exact) mass is 547 g/mol. The molecule has 1 aliphatic heterocycles. The van der Waals surface area contributed by atoms with Crippen LogP contribution >= 0.6 is 34.7 Å². The van der Waals surface area contributed by atoms with Crippen molar-refractivity contribution >= 4 is 74.1 Å². The number of allylic oxidation sites excluding steroid dienone is 1. The van der Waals surface area contributed by atoms with Gasteiger partial charge in [0.2, 0.25) is 0 Å². The van der Waals surface area contributed by atoms with E-state index in [0.29, 0.717) is 27.1 Å². The van der Waals surface area contributed by atoms with Gasteiger partial charge in [0, 0.05) is 4.88 Å². The number of thiophene rings is 1. The number of hydrogen-bond donors (Lipinski definition) is 2. The van der Waals surface area contributed by atoms with Gasteiger partial charge >= 0.3 is 0 Å². The smallest absolute Gasteiger partial charge is 0.283 e. The third kappa shape index (κ3) is 4.97. The molecule has 2 aromatic carbocycles. The van der Waals surface area contributed by atoms with E-state index in [1.165, 1.54) is 23.3 Å². The fourth-order valence-corrected chi connectivity index (χ4v) is 5.45. The number of nitriles is 1. The standard InChI is InChI=1S/C26H18ClN5O3S2/c1-35-23-9-8-15(11-18(23)27)32-25(34)21(12-16-5-4-10-36-16)31-26(32)37-14-22(33)17(13-28)24-29-19-6-2-3-7-20(19)30-24/h2-12,33H,14H2,1H3,(H,29,30)/b21-12-,22-17-. The van der Waals surface area contributed by atoms with E-state index >= 15 is 0 Å². The van der Waals surface area contributed by atoms with Gasteiger partial charge in [-0.05, 0) is 47.9 Å². The zero-order chi connectivity index (χ0) is 25.9. The van der Waals surface area contributed by atoms with Crippen molar-refractivity contribution in [2.24, 2.45) is 4.99 Å². The Bertz CT molecular complexity index is 1600. The van der Waals surface area contributed by atoms with Crippen LogP contribution in [0.25, 0.3) is 22.7 Å². The Balaban J connectivity index is 1.47. The number of benzene rings is 2. The third-order valence-electron chi connectivity index (χ3n) is 5.41. The summed E-state index contributed by atoms with van der Waals surface area (Å²) in [6.07, 6.45) is 1.71. The molecule has 8 nitrogen and oxygen atoms in total. The minimum atomic E-state index is -0.335. The fourth-order valence-electron chi connectivity index (χ4n) is 3.65. The van der Waals surface area contributed by atoms with Crippen LogP contribution in [0.4, 0.5) is 5.69 Å². The molecule has 0 radical (unpaired) electrons. The number of carbonyl (C=O) groups is 1. The van der Waals surface area contributed by atoms with Crippen molar-refractivity contribution in [3.05, 3.63) is 87.2 Å². The number of amidine groups is 1. The predicted octanol–water partition coefficient (Wildman–Crippen LogP) is 6.26. The number of fused-ring (bicyclic) bond motifs is 1. The summed E-state index contributed by atoms with van der Waals surface area (Å²) in [5.74, 6) is 0.202. The normalized spacial score (nSPS) is 15.2. The first-order valence-electron chi connectivity index (χ1n) is 10.9. The number of methoxy groups -OCH3 is 1. The first-order valence-corrected chi connectivity index (χ1v) is 13.1. The molecule has 4 aromatic rings. The Morgan fingerprint density at radius 2 is 2.14 bits per heavy atom. The van der Waals surface area contributed by atoms with Gasteiger partial charge in [0.15, 0.2) is 11.0 Å². The Morgan fingerprint density at radius 1 is 1.30 bits per heavy atom. The summed E-state index contributed by atoms with van der Waals surface area (Å²) in [5, 5.41) is 23.2. The van der Waals surface area contributed by atoms with Gasteiger partial charge in [0.05, 0.1) is 34.6 Å². The lowest BCUT2D eigenvalue weighted by Gasteiger charge is -2.18. The number of imidazole rings is 1. The highest BCUT2D eigenvalue weighted by molar-refractivity contribution is 8.14. The maximum absolute atomic E-state index is 13.4. The van der Waals surface area contributed by atoms with Gasteiger partial charge in [0.1, 0.15) is 28.8 Å². The third-order valence-corrected chi connectivity index (χ3v) is 7.47. The van der Waals surface area contributed by atoms with Crippen LogP contribution in [0.3, 0.4) is 0 Å². The number of para-hydroxylation sites is 2. The van der Waals surface area contributed by atoms with Gasteiger partial charge in [-0.1, -0.05) is 41.6 Å². The summed E-state index contributed by atoms with van der Waals surface area (Å²) in [6, 6.07) is 18.1. The molecule has 0 spiro atoms. The zero-order valence-electron chi connectivity index (χ0n) is 19.3. The summed E-state index contributed by atoms with van der Waals surface area (Å²) < 4.78 is 5.23. The van der Waals surface area contributed by atoms with E-state index in [9.17, 15) is 15.2 Å². The molecule has 0 saturated carbocycles. The fraction of sp³-hybridized carbons (Fsp3) is 0.0769.